The van der Waals surface area contributed by atoms with Crippen LogP contribution < -0.4 is 15.8 Å². The third kappa shape index (κ3) is 5.07. The molecular weight excluding hydrogens is 330 g/mol. The van der Waals surface area contributed by atoms with Crippen LogP contribution in [0, 0.1) is 5.92 Å². The zero-order valence-corrected chi connectivity index (χ0v) is 14.6. The number of hydrogen-bond acceptors (Lipinski definition) is 4. The van der Waals surface area contributed by atoms with Crippen molar-refractivity contribution in [3.63, 3.8) is 0 Å². The summed E-state index contributed by atoms with van der Waals surface area (Å²) < 4.78 is 5.74. The van der Waals surface area contributed by atoms with Crippen LogP contribution in [-0.2, 0) is 9.59 Å². The normalized spacial score (nSPS) is 15.4. The number of anilines is 1. The van der Waals surface area contributed by atoms with E-state index in [1.165, 1.54) is 0 Å². The van der Waals surface area contributed by atoms with Gasteiger partial charge in [0.15, 0.2) is 0 Å². The Bertz CT molecular complexity index is 739. The quantitative estimate of drug-likeness (QED) is 0.836. The summed E-state index contributed by atoms with van der Waals surface area (Å²) in [7, 11) is 0. The summed E-state index contributed by atoms with van der Waals surface area (Å²) in [4.78, 5) is 25.4. The molecular formula is C20H23N3O3. The number of nitrogens with one attached hydrogen (secondary N) is 1. The van der Waals surface area contributed by atoms with Crippen LogP contribution in [0.3, 0.4) is 0 Å². The van der Waals surface area contributed by atoms with E-state index in [2.05, 4.69) is 5.32 Å². The van der Waals surface area contributed by atoms with Gasteiger partial charge in [0.1, 0.15) is 11.5 Å². The monoisotopic (exact) mass is 353 g/mol. The van der Waals surface area contributed by atoms with Crippen LogP contribution in [0.1, 0.15) is 12.8 Å². The number of para-hydroxylation sites is 1. The number of rotatable bonds is 6. The highest BCUT2D eigenvalue weighted by Crippen LogP contribution is 2.24. The highest BCUT2D eigenvalue weighted by molar-refractivity contribution is 5.92. The largest absolute Gasteiger partial charge is 0.457 e. The van der Waals surface area contributed by atoms with E-state index in [0.717, 1.165) is 24.3 Å². The summed E-state index contributed by atoms with van der Waals surface area (Å²) in [5.74, 6) is 1.13. The molecule has 26 heavy (non-hydrogen) atoms. The first kappa shape index (κ1) is 17.9. The Hall–Kier alpha value is -2.86. The topological polar surface area (TPSA) is 84.7 Å². The zero-order valence-electron chi connectivity index (χ0n) is 14.6. The molecule has 136 valence electrons. The highest BCUT2D eigenvalue weighted by Gasteiger charge is 2.25. The van der Waals surface area contributed by atoms with Gasteiger partial charge in [-0.15, -0.1) is 0 Å². The Morgan fingerprint density at radius 2 is 1.62 bits per heavy atom. The molecule has 6 heteroatoms. The Balaban J connectivity index is 1.49. The fraction of sp³-hybridized carbons (Fsp3) is 0.300. The van der Waals surface area contributed by atoms with E-state index in [-0.39, 0.29) is 24.3 Å². The molecule has 1 heterocycles. The van der Waals surface area contributed by atoms with E-state index < -0.39 is 0 Å². The number of hydrogen-bond donors (Lipinski definition) is 2. The number of amides is 2. The molecule has 0 saturated carbocycles. The first-order valence-corrected chi connectivity index (χ1v) is 8.74. The van der Waals surface area contributed by atoms with Crippen LogP contribution in [0.5, 0.6) is 11.5 Å². The summed E-state index contributed by atoms with van der Waals surface area (Å²) in [6.07, 6.45) is 1.46. The predicted octanol–water partition coefficient (Wildman–Crippen LogP) is 2.61. The standard InChI is InChI=1S/C20H23N3O3/c21-19(24)14-23-12-10-15(11-13-23)20(25)22-16-6-8-18(9-7-16)26-17-4-2-1-3-5-17/h1-9,15H,10-14H2,(H2,21,24)(H,22,25). The predicted molar refractivity (Wildman–Crippen MR) is 99.9 cm³/mol. The molecule has 2 aromatic carbocycles. The van der Waals surface area contributed by atoms with Gasteiger partial charge in [0.2, 0.25) is 11.8 Å². The Kier molecular flexibility index (Phi) is 5.86. The number of ether oxygens (including phenoxy) is 1. The van der Waals surface area contributed by atoms with E-state index in [9.17, 15) is 9.59 Å². The molecule has 1 saturated heterocycles. The van der Waals surface area contributed by atoms with Gasteiger partial charge < -0.3 is 15.8 Å². The number of carbonyl (C=O) groups excluding carboxylic acids is 2. The van der Waals surface area contributed by atoms with E-state index in [4.69, 9.17) is 10.5 Å². The summed E-state index contributed by atoms with van der Waals surface area (Å²) >= 11 is 0. The van der Waals surface area contributed by atoms with Crippen LogP contribution in [0.15, 0.2) is 54.6 Å². The zero-order chi connectivity index (χ0) is 18.4. The second-order valence-electron chi connectivity index (χ2n) is 6.45. The second-order valence-corrected chi connectivity index (χ2v) is 6.45. The Morgan fingerprint density at radius 3 is 2.23 bits per heavy atom. The van der Waals surface area contributed by atoms with E-state index in [1.807, 2.05) is 59.5 Å². The molecule has 3 N–H and O–H groups in total. The molecule has 0 radical (unpaired) electrons. The molecule has 2 aromatic rings. The Labute approximate surface area is 152 Å². The van der Waals surface area contributed by atoms with Crippen molar-refractivity contribution in [2.24, 2.45) is 11.7 Å². The number of primary amides is 1. The molecule has 1 fully saturated rings. The molecule has 3 rings (SSSR count). The molecule has 0 aromatic heterocycles. The minimum Gasteiger partial charge on any atom is -0.457 e. The van der Waals surface area contributed by atoms with Crippen molar-refractivity contribution in [1.29, 1.82) is 0 Å². The van der Waals surface area contributed by atoms with Crippen LogP contribution >= 0.6 is 0 Å². The SMILES string of the molecule is NC(=O)CN1CCC(C(=O)Nc2ccc(Oc3ccccc3)cc2)CC1. The average Bonchev–Trinajstić information content (AvgIpc) is 2.64. The summed E-state index contributed by atoms with van der Waals surface area (Å²) in [6.45, 7) is 1.69. The van der Waals surface area contributed by atoms with Crippen molar-refractivity contribution in [2.45, 2.75) is 12.8 Å². The second kappa shape index (κ2) is 8.49. The van der Waals surface area contributed by atoms with Gasteiger partial charge in [-0.25, -0.2) is 0 Å². The van der Waals surface area contributed by atoms with Crippen molar-refractivity contribution in [3.8, 4) is 11.5 Å². The lowest BCUT2D eigenvalue weighted by Gasteiger charge is -2.30. The number of carbonyl (C=O) groups is 2. The number of likely N-dealkylation sites (tertiary alicyclic amines) is 1. The van der Waals surface area contributed by atoms with Crippen LogP contribution in [0.25, 0.3) is 0 Å². The fourth-order valence-electron chi connectivity index (χ4n) is 3.05. The molecule has 1 aliphatic rings. The van der Waals surface area contributed by atoms with Crippen LogP contribution in [0.2, 0.25) is 0 Å². The van der Waals surface area contributed by atoms with E-state index in [1.54, 1.807) is 0 Å². The van der Waals surface area contributed by atoms with Gasteiger partial charge in [0.05, 0.1) is 6.54 Å². The smallest absolute Gasteiger partial charge is 0.231 e. The molecule has 2 amide bonds. The van der Waals surface area contributed by atoms with Gasteiger partial charge in [0, 0.05) is 11.6 Å². The lowest BCUT2D eigenvalue weighted by atomic mass is 9.96. The Morgan fingerprint density at radius 1 is 1.00 bits per heavy atom. The lowest BCUT2D eigenvalue weighted by molar-refractivity contribution is -0.122. The molecule has 1 aliphatic heterocycles. The van der Waals surface area contributed by atoms with Gasteiger partial charge >= 0.3 is 0 Å². The van der Waals surface area contributed by atoms with Crippen molar-refractivity contribution < 1.29 is 14.3 Å². The number of nitrogens with zero attached hydrogens (tertiary/aromatic N) is 1. The summed E-state index contributed by atoms with van der Waals surface area (Å²) in [5.41, 5.74) is 5.96. The van der Waals surface area contributed by atoms with Gasteiger partial charge in [0.25, 0.3) is 0 Å². The lowest BCUT2D eigenvalue weighted by Crippen LogP contribution is -2.42. The first-order valence-electron chi connectivity index (χ1n) is 8.74. The number of nitrogens with two attached hydrogens (primary N) is 1. The molecule has 0 bridgehead atoms. The molecule has 0 spiro atoms. The van der Waals surface area contributed by atoms with E-state index >= 15 is 0 Å². The van der Waals surface area contributed by atoms with Crippen LogP contribution in [0.4, 0.5) is 5.69 Å². The third-order valence-corrected chi connectivity index (χ3v) is 4.44. The van der Waals surface area contributed by atoms with Gasteiger partial charge in [-0.2, -0.15) is 0 Å². The molecule has 6 nitrogen and oxygen atoms in total. The van der Waals surface area contributed by atoms with Crippen molar-refractivity contribution in [3.05, 3.63) is 54.6 Å². The number of piperidine rings is 1. The minimum absolute atomic E-state index is 0.0143. The average molecular weight is 353 g/mol. The first-order chi connectivity index (χ1) is 12.6. The molecule has 0 atom stereocenters. The maximum Gasteiger partial charge on any atom is 0.231 e. The minimum atomic E-state index is -0.328. The highest BCUT2D eigenvalue weighted by atomic mass is 16.5. The molecule has 0 unspecified atom stereocenters. The fourth-order valence-corrected chi connectivity index (χ4v) is 3.05. The third-order valence-electron chi connectivity index (χ3n) is 4.44. The van der Waals surface area contributed by atoms with E-state index in [0.29, 0.717) is 18.8 Å². The van der Waals surface area contributed by atoms with Gasteiger partial charge in [-0.3, -0.25) is 14.5 Å². The maximum atomic E-state index is 12.4. The van der Waals surface area contributed by atoms with Crippen molar-refractivity contribution in [2.75, 3.05) is 25.0 Å². The van der Waals surface area contributed by atoms with Gasteiger partial charge in [-0.1, -0.05) is 18.2 Å². The van der Waals surface area contributed by atoms with Gasteiger partial charge in [-0.05, 0) is 62.3 Å². The van der Waals surface area contributed by atoms with Crippen molar-refractivity contribution >= 4 is 17.5 Å². The maximum absolute atomic E-state index is 12.4. The summed E-state index contributed by atoms with van der Waals surface area (Å²) in [5, 5.41) is 2.95. The van der Waals surface area contributed by atoms with Crippen molar-refractivity contribution in [1.82, 2.24) is 4.90 Å². The molecule has 0 aliphatic carbocycles. The van der Waals surface area contributed by atoms with Crippen LogP contribution in [-0.4, -0.2) is 36.3 Å². The number of benzene rings is 2. The summed E-state index contributed by atoms with van der Waals surface area (Å²) in [6, 6.07) is 16.9.